The van der Waals surface area contributed by atoms with Gasteiger partial charge >= 0.3 is 0 Å². The molecule has 0 atom stereocenters. The molecule has 3 aromatic carbocycles. The van der Waals surface area contributed by atoms with E-state index in [9.17, 15) is 9.59 Å². The minimum absolute atomic E-state index is 0.0707. The summed E-state index contributed by atoms with van der Waals surface area (Å²) in [6.45, 7) is 1.79. The van der Waals surface area contributed by atoms with Crippen molar-refractivity contribution < 1.29 is 14.3 Å². The molecule has 0 aromatic heterocycles. The molecule has 0 spiro atoms. The van der Waals surface area contributed by atoms with Gasteiger partial charge < -0.3 is 10.1 Å². The smallest absolute Gasteiger partial charge is 0.276 e. The van der Waals surface area contributed by atoms with E-state index in [4.69, 9.17) is 17.0 Å². The fraction of sp³-hybridized carbons (Fsp3) is 0.0870. The molecule has 152 valence electrons. The van der Waals surface area contributed by atoms with E-state index in [1.807, 2.05) is 49.4 Å². The number of carbonyl (C=O) groups excluding carboxylic acids is 2. The second kappa shape index (κ2) is 10.2. The molecule has 0 aliphatic rings. The molecule has 3 aromatic rings. The van der Waals surface area contributed by atoms with Crippen molar-refractivity contribution in [1.82, 2.24) is 10.9 Å². The summed E-state index contributed by atoms with van der Waals surface area (Å²) in [7, 11) is 0. The number of ketones is 1. The average Bonchev–Trinajstić information content (AvgIpc) is 2.78. The zero-order valence-corrected chi connectivity index (χ0v) is 17.2. The van der Waals surface area contributed by atoms with Gasteiger partial charge in [0, 0.05) is 16.8 Å². The van der Waals surface area contributed by atoms with Gasteiger partial charge in [-0.3, -0.25) is 20.4 Å². The third-order valence-electron chi connectivity index (χ3n) is 4.15. The Balaban J connectivity index is 1.42. The molecule has 0 aliphatic heterocycles. The van der Waals surface area contributed by atoms with Crippen LogP contribution in [0.1, 0.15) is 21.5 Å². The van der Waals surface area contributed by atoms with Crippen LogP contribution in [0.5, 0.6) is 5.75 Å². The predicted octanol–water partition coefficient (Wildman–Crippen LogP) is 3.62. The number of nitrogens with one attached hydrogen (secondary N) is 3. The van der Waals surface area contributed by atoms with E-state index in [1.54, 1.807) is 36.4 Å². The van der Waals surface area contributed by atoms with Gasteiger partial charge in [0.1, 0.15) is 5.75 Å². The molecule has 0 saturated heterocycles. The van der Waals surface area contributed by atoms with Gasteiger partial charge in [-0.1, -0.05) is 48.0 Å². The topological polar surface area (TPSA) is 79.5 Å². The Labute approximate surface area is 180 Å². The van der Waals surface area contributed by atoms with E-state index < -0.39 is 5.91 Å². The van der Waals surface area contributed by atoms with Crippen LogP contribution in [-0.4, -0.2) is 23.4 Å². The van der Waals surface area contributed by atoms with Crippen LogP contribution in [0.2, 0.25) is 0 Å². The Bertz CT molecular complexity index is 1020. The van der Waals surface area contributed by atoms with E-state index >= 15 is 0 Å². The van der Waals surface area contributed by atoms with E-state index in [0.717, 1.165) is 11.3 Å². The predicted molar refractivity (Wildman–Crippen MR) is 120 cm³/mol. The zero-order chi connectivity index (χ0) is 21.3. The number of amides is 1. The van der Waals surface area contributed by atoms with Crippen molar-refractivity contribution in [2.75, 3.05) is 11.9 Å². The lowest BCUT2D eigenvalue weighted by Crippen LogP contribution is -2.45. The minimum atomic E-state index is -0.396. The van der Waals surface area contributed by atoms with Gasteiger partial charge in [0.05, 0.1) is 0 Å². The molecule has 0 unspecified atom stereocenters. The number of ether oxygens (including phenoxy) is 1. The highest BCUT2D eigenvalue weighted by Gasteiger charge is 2.09. The van der Waals surface area contributed by atoms with Crippen LogP contribution in [0.4, 0.5) is 5.69 Å². The maximum Gasteiger partial charge on any atom is 0.276 e. The summed E-state index contributed by atoms with van der Waals surface area (Å²) >= 11 is 5.13. The maximum atomic E-state index is 12.4. The standard InChI is InChI=1S/C23H21N3O3S/c1-16-7-11-19(12-8-16)24-23(30)26-25-21(27)15-29-20-13-9-18(10-14-20)22(28)17-5-3-2-4-6-17/h2-14H,15H2,1H3,(H,25,27)(H2,24,26,30). The highest BCUT2D eigenvalue weighted by molar-refractivity contribution is 7.80. The van der Waals surface area contributed by atoms with Crippen LogP contribution >= 0.6 is 12.2 Å². The van der Waals surface area contributed by atoms with Crippen molar-refractivity contribution in [3.63, 3.8) is 0 Å². The van der Waals surface area contributed by atoms with Gasteiger partial charge in [-0.15, -0.1) is 0 Å². The Morgan fingerprint density at radius 2 is 1.47 bits per heavy atom. The second-order valence-corrected chi connectivity index (χ2v) is 6.91. The number of carbonyl (C=O) groups is 2. The molecule has 7 heteroatoms. The number of anilines is 1. The van der Waals surface area contributed by atoms with Gasteiger partial charge in [-0.05, 0) is 55.5 Å². The molecule has 0 bridgehead atoms. The molecular weight excluding hydrogens is 398 g/mol. The summed E-state index contributed by atoms with van der Waals surface area (Å²) < 4.78 is 5.44. The fourth-order valence-corrected chi connectivity index (χ4v) is 2.74. The Kier molecular flexibility index (Phi) is 7.13. The number of hydrogen-bond acceptors (Lipinski definition) is 4. The first-order chi connectivity index (χ1) is 14.5. The summed E-state index contributed by atoms with van der Waals surface area (Å²) in [4.78, 5) is 24.3. The summed E-state index contributed by atoms with van der Waals surface area (Å²) in [5.41, 5.74) is 8.20. The lowest BCUT2D eigenvalue weighted by Gasteiger charge is -2.12. The van der Waals surface area contributed by atoms with Crippen molar-refractivity contribution in [1.29, 1.82) is 0 Å². The highest BCUT2D eigenvalue weighted by atomic mass is 32.1. The Hall–Kier alpha value is -3.71. The van der Waals surface area contributed by atoms with E-state index in [0.29, 0.717) is 16.9 Å². The van der Waals surface area contributed by atoms with Crippen LogP contribution in [0, 0.1) is 6.92 Å². The third-order valence-corrected chi connectivity index (χ3v) is 4.35. The molecule has 0 aliphatic carbocycles. The van der Waals surface area contributed by atoms with Gasteiger partial charge in [0.2, 0.25) is 0 Å². The van der Waals surface area contributed by atoms with Gasteiger partial charge in [-0.2, -0.15) is 0 Å². The second-order valence-electron chi connectivity index (χ2n) is 6.50. The molecule has 0 radical (unpaired) electrons. The summed E-state index contributed by atoms with van der Waals surface area (Å²) in [6, 6.07) is 23.4. The molecule has 6 nitrogen and oxygen atoms in total. The molecule has 0 saturated carbocycles. The van der Waals surface area contributed by atoms with Crippen LogP contribution in [0.15, 0.2) is 78.9 Å². The number of thiocarbonyl (C=S) groups is 1. The van der Waals surface area contributed by atoms with Gasteiger partial charge in [0.15, 0.2) is 17.5 Å². The van der Waals surface area contributed by atoms with Crippen LogP contribution in [0.3, 0.4) is 0 Å². The van der Waals surface area contributed by atoms with Gasteiger partial charge in [0.25, 0.3) is 5.91 Å². The third kappa shape index (κ3) is 6.15. The van der Waals surface area contributed by atoms with Crippen molar-refractivity contribution >= 4 is 34.7 Å². The average molecular weight is 420 g/mol. The number of hydrogen-bond donors (Lipinski definition) is 3. The van der Waals surface area contributed by atoms with Crippen molar-refractivity contribution in [2.45, 2.75) is 6.92 Å². The molecular formula is C23H21N3O3S. The molecule has 3 N–H and O–H groups in total. The molecule has 1 amide bonds. The normalized spacial score (nSPS) is 10.0. The zero-order valence-electron chi connectivity index (χ0n) is 16.3. The molecule has 0 heterocycles. The minimum Gasteiger partial charge on any atom is -0.484 e. The number of benzene rings is 3. The van der Waals surface area contributed by atoms with Crippen molar-refractivity contribution in [3.05, 3.63) is 95.6 Å². The van der Waals surface area contributed by atoms with E-state index in [1.165, 1.54) is 0 Å². The molecule has 30 heavy (non-hydrogen) atoms. The quantitative estimate of drug-likeness (QED) is 0.322. The number of aryl methyl sites for hydroxylation is 1. The monoisotopic (exact) mass is 419 g/mol. The van der Waals surface area contributed by atoms with E-state index in [2.05, 4.69) is 16.2 Å². The van der Waals surface area contributed by atoms with Crippen LogP contribution in [-0.2, 0) is 4.79 Å². The summed E-state index contributed by atoms with van der Waals surface area (Å²) in [6.07, 6.45) is 0. The van der Waals surface area contributed by atoms with E-state index in [-0.39, 0.29) is 17.5 Å². The number of rotatable bonds is 6. The first kappa shape index (κ1) is 21.0. The lowest BCUT2D eigenvalue weighted by atomic mass is 10.0. The van der Waals surface area contributed by atoms with Gasteiger partial charge in [-0.25, -0.2) is 0 Å². The highest BCUT2D eigenvalue weighted by Crippen LogP contribution is 2.15. The SMILES string of the molecule is Cc1ccc(NC(=S)NNC(=O)COc2ccc(C(=O)c3ccccc3)cc2)cc1. The lowest BCUT2D eigenvalue weighted by molar-refractivity contribution is -0.123. The van der Waals surface area contributed by atoms with Crippen molar-refractivity contribution in [3.8, 4) is 5.75 Å². The van der Waals surface area contributed by atoms with Crippen molar-refractivity contribution in [2.24, 2.45) is 0 Å². The molecule has 0 fully saturated rings. The molecule has 3 rings (SSSR count). The Morgan fingerprint density at radius 1 is 0.833 bits per heavy atom. The van der Waals surface area contributed by atoms with Crippen LogP contribution in [0.25, 0.3) is 0 Å². The fourth-order valence-electron chi connectivity index (χ4n) is 2.57. The maximum absolute atomic E-state index is 12.4. The number of hydrazine groups is 1. The first-order valence-corrected chi connectivity index (χ1v) is 9.67. The first-order valence-electron chi connectivity index (χ1n) is 9.26. The summed E-state index contributed by atoms with van der Waals surface area (Å²) in [5, 5.41) is 3.22. The summed E-state index contributed by atoms with van der Waals surface area (Å²) in [5.74, 6) is 0.0151. The van der Waals surface area contributed by atoms with Crippen LogP contribution < -0.4 is 20.9 Å². The Morgan fingerprint density at radius 3 is 2.13 bits per heavy atom. The largest absolute Gasteiger partial charge is 0.484 e.